The van der Waals surface area contributed by atoms with Gasteiger partial charge < -0.3 is 9.84 Å². The SMILES string of the molecule is COCCN(C)Cc1cc(F)cc(C#CCO)c1. The molecule has 18 heavy (non-hydrogen) atoms. The molecule has 98 valence electrons. The van der Waals surface area contributed by atoms with Crippen LogP contribution in [0.2, 0.25) is 0 Å². The topological polar surface area (TPSA) is 32.7 Å². The fourth-order valence-corrected chi connectivity index (χ4v) is 1.59. The smallest absolute Gasteiger partial charge is 0.124 e. The first kappa shape index (κ1) is 14.7. The number of nitrogens with zero attached hydrogens (tertiary/aromatic N) is 1. The Morgan fingerprint density at radius 3 is 2.83 bits per heavy atom. The molecular weight excluding hydrogens is 233 g/mol. The van der Waals surface area contributed by atoms with Crippen LogP contribution in [0.15, 0.2) is 18.2 Å². The maximum atomic E-state index is 13.4. The van der Waals surface area contributed by atoms with E-state index in [1.165, 1.54) is 12.1 Å². The summed E-state index contributed by atoms with van der Waals surface area (Å²) in [6.45, 7) is 1.84. The molecule has 0 aliphatic rings. The molecule has 0 saturated carbocycles. The highest BCUT2D eigenvalue weighted by Gasteiger charge is 2.03. The Morgan fingerprint density at radius 1 is 1.39 bits per heavy atom. The van der Waals surface area contributed by atoms with E-state index < -0.39 is 0 Å². The van der Waals surface area contributed by atoms with Crippen LogP contribution in [0.1, 0.15) is 11.1 Å². The number of hydrogen-bond acceptors (Lipinski definition) is 3. The number of benzene rings is 1. The molecular formula is C14H18FNO2. The predicted octanol–water partition coefficient (Wildman–Crippen LogP) is 1.25. The molecule has 3 nitrogen and oxygen atoms in total. The largest absolute Gasteiger partial charge is 0.384 e. The van der Waals surface area contributed by atoms with Gasteiger partial charge in [0.15, 0.2) is 0 Å². The van der Waals surface area contributed by atoms with Gasteiger partial charge in [0.25, 0.3) is 0 Å². The lowest BCUT2D eigenvalue weighted by molar-refractivity contribution is 0.158. The average Bonchev–Trinajstić information content (AvgIpc) is 2.33. The highest BCUT2D eigenvalue weighted by atomic mass is 19.1. The Labute approximate surface area is 107 Å². The molecule has 1 aromatic rings. The molecule has 0 spiro atoms. The molecule has 0 unspecified atom stereocenters. The number of aliphatic hydroxyl groups excluding tert-OH is 1. The molecule has 0 saturated heterocycles. The van der Waals surface area contributed by atoms with Gasteiger partial charge in [-0.25, -0.2) is 4.39 Å². The van der Waals surface area contributed by atoms with Gasteiger partial charge in [0.1, 0.15) is 12.4 Å². The Kier molecular flexibility index (Phi) is 6.37. The van der Waals surface area contributed by atoms with Crippen molar-refractivity contribution in [3.05, 3.63) is 35.1 Å². The van der Waals surface area contributed by atoms with Crippen LogP contribution in [0.4, 0.5) is 4.39 Å². The highest BCUT2D eigenvalue weighted by molar-refractivity contribution is 5.37. The minimum Gasteiger partial charge on any atom is -0.384 e. The fourth-order valence-electron chi connectivity index (χ4n) is 1.59. The summed E-state index contributed by atoms with van der Waals surface area (Å²) >= 11 is 0. The van der Waals surface area contributed by atoms with E-state index in [9.17, 15) is 4.39 Å². The summed E-state index contributed by atoms with van der Waals surface area (Å²) < 4.78 is 18.4. The minimum absolute atomic E-state index is 0.223. The third kappa shape index (κ3) is 5.28. The van der Waals surface area contributed by atoms with Crippen LogP contribution in [0, 0.1) is 17.7 Å². The van der Waals surface area contributed by atoms with Crippen LogP contribution >= 0.6 is 0 Å². The summed E-state index contributed by atoms with van der Waals surface area (Å²) in [5.41, 5.74) is 1.44. The van der Waals surface area contributed by atoms with E-state index >= 15 is 0 Å². The number of halogens is 1. The van der Waals surface area contributed by atoms with Crippen molar-refractivity contribution < 1.29 is 14.2 Å². The van der Waals surface area contributed by atoms with Gasteiger partial charge >= 0.3 is 0 Å². The summed E-state index contributed by atoms with van der Waals surface area (Å²) in [5, 5.41) is 8.62. The lowest BCUT2D eigenvalue weighted by Gasteiger charge is -2.16. The molecule has 0 aliphatic carbocycles. The molecule has 0 aromatic heterocycles. The lowest BCUT2D eigenvalue weighted by atomic mass is 10.1. The van der Waals surface area contributed by atoms with E-state index in [1.54, 1.807) is 7.11 Å². The van der Waals surface area contributed by atoms with E-state index in [0.29, 0.717) is 18.7 Å². The first-order valence-corrected chi connectivity index (χ1v) is 5.72. The standard InChI is InChI=1S/C14H18FNO2/c1-16(5-7-18-2)11-13-8-12(4-3-6-17)9-14(15)10-13/h8-10,17H,5-7,11H2,1-2H3. The number of rotatable bonds is 5. The number of ether oxygens (including phenoxy) is 1. The zero-order valence-electron chi connectivity index (χ0n) is 10.7. The van der Waals surface area contributed by atoms with E-state index in [-0.39, 0.29) is 12.4 Å². The monoisotopic (exact) mass is 251 g/mol. The Hall–Kier alpha value is -1.41. The summed E-state index contributed by atoms with van der Waals surface area (Å²) in [7, 11) is 3.60. The van der Waals surface area contributed by atoms with Crippen molar-refractivity contribution in [3.8, 4) is 11.8 Å². The molecule has 0 aliphatic heterocycles. The molecule has 1 N–H and O–H groups in total. The van der Waals surface area contributed by atoms with Crippen LogP contribution in [-0.2, 0) is 11.3 Å². The van der Waals surface area contributed by atoms with Crippen molar-refractivity contribution in [2.45, 2.75) is 6.54 Å². The number of aliphatic hydroxyl groups is 1. The maximum Gasteiger partial charge on any atom is 0.124 e. The molecule has 0 bridgehead atoms. The number of methoxy groups -OCH3 is 1. The quantitative estimate of drug-likeness (QED) is 0.799. The zero-order chi connectivity index (χ0) is 13.4. The van der Waals surface area contributed by atoms with Crippen molar-refractivity contribution in [3.63, 3.8) is 0 Å². The minimum atomic E-state index is -0.310. The molecule has 1 rings (SSSR count). The Balaban J connectivity index is 2.73. The molecule has 0 radical (unpaired) electrons. The number of likely N-dealkylation sites (N-methyl/N-ethyl adjacent to an activating group) is 1. The molecule has 0 amide bonds. The highest BCUT2D eigenvalue weighted by Crippen LogP contribution is 2.10. The fraction of sp³-hybridized carbons (Fsp3) is 0.429. The van der Waals surface area contributed by atoms with Crippen molar-refractivity contribution in [2.75, 3.05) is 33.9 Å². The Morgan fingerprint density at radius 2 is 2.17 bits per heavy atom. The lowest BCUT2D eigenvalue weighted by Crippen LogP contribution is -2.22. The predicted molar refractivity (Wildman–Crippen MR) is 68.6 cm³/mol. The van der Waals surface area contributed by atoms with Crippen LogP contribution in [0.5, 0.6) is 0 Å². The zero-order valence-corrected chi connectivity index (χ0v) is 10.7. The third-order valence-electron chi connectivity index (χ3n) is 2.40. The van der Waals surface area contributed by atoms with Gasteiger partial charge in [-0.1, -0.05) is 11.8 Å². The van der Waals surface area contributed by atoms with Crippen LogP contribution < -0.4 is 0 Å². The van der Waals surface area contributed by atoms with Gasteiger partial charge in [0, 0.05) is 25.8 Å². The number of hydrogen-bond donors (Lipinski definition) is 1. The molecule has 0 heterocycles. The normalized spacial score (nSPS) is 10.3. The summed E-state index contributed by atoms with van der Waals surface area (Å²) in [6.07, 6.45) is 0. The summed E-state index contributed by atoms with van der Waals surface area (Å²) in [4.78, 5) is 2.04. The third-order valence-corrected chi connectivity index (χ3v) is 2.40. The van der Waals surface area contributed by atoms with Gasteiger partial charge in [-0.05, 0) is 30.8 Å². The van der Waals surface area contributed by atoms with Crippen molar-refractivity contribution in [1.82, 2.24) is 4.90 Å². The summed E-state index contributed by atoms with van der Waals surface area (Å²) in [6, 6.07) is 4.68. The Bertz CT molecular complexity index is 437. The molecule has 0 fully saturated rings. The second kappa shape index (κ2) is 7.83. The van der Waals surface area contributed by atoms with E-state index in [1.807, 2.05) is 18.0 Å². The average molecular weight is 251 g/mol. The van der Waals surface area contributed by atoms with Crippen LogP contribution in [0.25, 0.3) is 0 Å². The van der Waals surface area contributed by atoms with Gasteiger partial charge in [-0.2, -0.15) is 0 Å². The molecule has 4 heteroatoms. The van der Waals surface area contributed by atoms with E-state index in [4.69, 9.17) is 9.84 Å². The van der Waals surface area contributed by atoms with Crippen LogP contribution in [0.3, 0.4) is 0 Å². The first-order chi connectivity index (χ1) is 8.65. The van der Waals surface area contributed by atoms with Crippen molar-refractivity contribution in [2.24, 2.45) is 0 Å². The van der Waals surface area contributed by atoms with Crippen molar-refractivity contribution >= 4 is 0 Å². The van der Waals surface area contributed by atoms with E-state index in [2.05, 4.69) is 11.8 Å². The molecule has 1 aromatic carbocycles. The second-order valence-electron chi connectivity index (χ2n) is 4.04. The first-order valence-electron chi connectivity index (χ1n) is 5.72. The van der Waals surface area contributed by atoms with Crippen molar-refractivity contribution in [1.29, 1.82) is 0 Å². The molecule has 0 atom stereocenters. The van der Waals surface area contributed by atoms with Gasteiger partial charge in [0.2, 0.25) is 0 Å². The van der Waals surface area contributed by atoms with Gasteiger partial charge in [-0.15, -0.1) is 0 Å². The summed E-state index contributed by atoms with van der Waals surface area (Å²) in [5.74, 6) is 4.91. The van der Waals surface area contributed by atoms with Crippen LogP contribution in [-0.4, -0.2) is 43.9 Å². The van der Waals surface area contributed by atoms with Gasteiger partial charge in [-0.3, -0.25) is 4.90 Å². The van der Waals surface area contributed by atoms with Gasteiger partial charge in [0.05, 0.1) is 6.61 Å². The van der Waals surface area contributed by atoms with E-state index in [0.717, 1.165) is 12.1 Å². The maximum absolute atomic E-state index is 13.4. The second-order valence-corrected chi connectivity index (χ2v) is 4.04.